The SMILES string of the molecule is c1ccc2c(-c3ccc(-c4cc(-c5cc6ccccc6c6ccccc56)nc(-c5ccc(-c6nccc7ccccc67)cc5)n4)cc3)nccc2c1. The van der Waals surface area contributed by atoms with E-state index in [9.17, 15) is 0 Å². The van der Waals surface area contributed by atoms with Crippen molar-refractivity contribution in [2.24, 2.45) is 0 Å². The van der Waals surface area contributed by atoms with Gasteiger partial charge in [-0.2, -0.15) is 0 Å². The van der Waals surface area contributed by atoms with Crippen LogP contribution in [0.4, 0.5) is 0 Å². The first-order valence-corrected chi connectivity index (χ1v) is 17.5. The van der Waals surface area contributed by atoms with Crippen LogP contribution in [-0.4, -0.2) is 19.9 Å². The quantitative estimate of drug-likeness (QED) is 0.172. The number of benzene rings is 7. The van der Waals surface area contributed by atoms with Crippen LogP contribution in [0.25, 0.3) is 99.5 Å². The molecule has 0 atom stereocenters. The smallest absolute Gasteiger partial charge is 0.160 e. The summed E-state index contributed by atoms with van der Waals surface area (Å²) >= 11 is 0. The first kappa shape index (κ1) is 29.8. The molecule has 0 radical (unpaired) electrons. The van der Waals surface area contributed by atoms with Crippen molar-refractivity contribution in [3.8, 4) is 56.4 Å². The Hall–Kier alpha value is -7.04. The predicted octanol–water partition coefficient (Wildman–Crippen LogP) is 12.2. The molecule has 242 valence electrons. The van der Waals surface area contributed by atoms with Crippen molar-refractivity contribution in [1.82, 2.24) is 19.9 Å². The summed E-state index contributed by atoms with van der Waals surface area (Å²) in [6.07, 6.45) is 3.75. The molecule has 0 saturated carbocycles. The Bertz CT molecular complexity index is 2800. The van der Waals surface area contributed by atoms with Gasteiger partial charge in [0.15, 0.2) is 5.82 Å². The Morgan fingerprint density at radius 1 is 0.308 bits per heavy atom. The van der Waals surface area contributed by atoms with Crippen LogP contribution < -0.4 is 0 Å². The lowest BCUT2D eigenvalue weighted by Crippen LogP contribution is -1.97. The third kappa shape index (κ3) is 5.17. The average Bonchev–Trinajstić information content (AvgIpc) is 3.23. The highest BCUT2D eigenvalue weighted by molar-refractivity contribution is 6.13. The summed E-state index contributed by atoms with van der Waals surface area (Å²) in [4.78, 5) is 20.0. The molecule has 4 nitrogen and oxygen atoms in total. The fourth-order valence-electron chi connectivity index (χ4n) is 7.40. The zero-order chi connectivity index (χ0) is 34.4. The molecule has 0 amide bonds. The molecule has 0 fully saturated rings. The molecule has 0 bridgehead atoms. The fraction of sp³-hybridized carbons (Fsp3) is 0. The second-order valence-corrected chi connectivity index (χ2v) is 13.1. The number of pyridine rings is 2. The van der Waals surface area contributed by atoms with Crippen LogP contribution in [0, 0.1) is 0 Å². The summed E-state index contributed by atoms with van der Waals surface area (Å²) in [7, 11) is 0. The van der Waals surface area contributed by atoms with Gasteiger partial charge in [-0.05, 0) is 56.6 Å². The number of hydrogen-bond acceptors (Lipinski definition) is 4. The van der Waals surface area contributed by atoms with E-state index in [4.69, 9.17) is 19.9 Å². The van der Waals surface area contributed by atoms with Crippen molar-refractivity contribution in [2.45, 2.75) is 0 Å². The third-order valence-electron chi connectivity index (χ3n) is 9.99. The third-order valence-corrected chi connectivity index (χ3v) is 9.99. The van der Waals surface area contributed by atoms with E-state index in [2.05, 4.69) is 170 Å². The molecule has 10 rings (SSSR count). The van der Waals surface area contributed by atoms with Gasteiger partial charge in [0.2, 0.25) is 0 Å². The van der Waals surface area contributed by atoms with Crippen LogP contribution in [-0.2, 0) is 0 Å². The highest BCUT2D eigenvalue weighted by Gasteiger charge is 2.16. The monoisotopic (exact) mass is 662 g/mol. The van der Waals surface area contributed by atoms with Gasteiger partial charge in [-0.25, -0.2) is 9.97 Å². The van der Waals surface area contributed by atoms with Gasteiger partial charge < -0.3 is 0 Å². The van der Waals surface area contributed by atoms with Crippen LogP contribution >= 0.6 is 0 Å². The van der Waals surface area contributed by atoms with E-state index in [0.717, 1.165) is 66.8 Å². The van der Waals surface area contributed by atoms with E-state index in [1.807, 2.05) is 12.4 Å². The van der Waals surface area contributed by atoms with Crippen molar-refractivity contribution in [2.75, 3.05) is 0 Å². The number of hydrogen-bond donors (Lipinski definition) is 0. The summed E-state index contributed by atoms with van der Waals surface area (Å²) in [5, 5.41) is 9.37. The lowest BCUT2D eigenvalue weighted by Gasteiger charge is -2.14. The summed E-state index contributed by atoms with van der Waals surface area (Å²) in [5.41, 5.74) is 8.80. The Kier molecular flexibility index (Phi) is 7.10. The van der Waals surface area contributed by atoms with Gasteiger partial charge in [0, 0.05) is 51.0 Å². The minimum atomic E-state index is 0.668. The maximum Gasteiger partial charge on any atom is 0.160 e. The highest BCUT2D eigenvalue weighted by Crippen LogP contribution is 2.37. The van der Waals surface area contributed by atoms with Crippen molar-refractivity contribution >= 4 is 43.1 Å². The van der Waals surface area contributed by atoms with Gasteiger partial charge in [-0.3, -0.25) is 9.97 Å². The van der Waals surface area contributed by atoms with Crippen LogP contribution in [0.2, 0.25) is 0 Å². The topological polar surface area (TPSA) is 51.6 Å². The molecule has 0 saturated heterocycles. The van der Waals surface area contributed by atoms with E-state index in [-0.39, 0.29) is 0 Å². The maximum atomic E-state index is 5.27. The maximum absolute atomic E-state index is 5.27. The molecule has 3 heterocycles. The first-order valence-electron chi connectivity index (χ1n) is 17.5. The van der Waals surface area contributed by atoms with Gasteiger partial charge in [-0.15, -0.1) is 0 Å². The van der Waals surface area contributed by atoms with Gasteiger partial charge in [-0.1, -0.05) is 146 Å². The lowest BCUT2D eigenvalue weighted by atomic mass is 9.94. The van der Waals surface area contributed by atoms with Crippen LogP contribution in [0.3, 0.4) is 0 Å². The van der Waals surface area contributed by atoms with E-state index in [1.54, 1.807) is 0 Å². The zero-order valence-corrected chi connectivity index (χ0v) is 28.1. The second kappa shape index (κ2) is 12.4. The Morgan fingerprint density at radius 2 is 0.769 bits per heavy atom. The number of rotatable bonds is 5. The molecule has 0 N–H and O–H groups in total. The standard InChI is InChI=1S/C48H30N4/c1-5-13-39-31(9-1)25-27-49-46(39)34-19-17-33(18-20-34)44-30-45(43-29-37-11-3-4-12-38(37)41-15-7-8-16-42(41)43)52-48(51-44)36-23-21-35(22-24-36)47-40-14-6-2-10-32(40)26-28-50-47/h1-30H. The second-order valence-electron chi connectivity index (χ2n) is 13.1. The molecule has 10 aromatic rings. The molecular weight excluding hydrogens is 633 g/mol. The van der Waals surface area contributed by atoms with Gasteiger partial charge in [0.1, 0.15) is 0 Å². The first-order chi connectivity index (χ1) is 25.8. The van der Waals surface area contributed by atoms with E-state index in [0.29, 0.717) is 5.82 Å². The van der Waals surface area contributed by atoms with E-state index < -0.39 is 0 Å². The van der Waals surface area contributed by atoms with Crippen molar-refractivity contribution in [3.05, 3.63) is 182 Å². The van der Waals surface area contributed by atoms with Gasteiger partial charge in [0.05, 0.1) is 22.8 Å². The fourth-order valence-corrected chi connectivity index (χ4v) is 7.40. The van der Waals surface area contributed by atoms with Gasteiger partial charge >= 0.3 is 0 Å². The van der Waals surface area contributed by atoms with Crippen LogP contribution in [0.5, 0.6) is 0 Å². The molecule has 52 heavy (non-hydrogen) atoms. The largest absolute Gasteiger partial charge is 0.256 e. The Balaban J connectivity index is 1.13. The van der Waals surface area contributed by atoms with Crippen molar-refractivity contribution < 1.29 is 0 Å². The lowest BCUT2D eigenvalue weighted by molar-refractivity contribution is 1.18. The van der Waals surface area contributed by atoms with Gasteiger partial charge in [0.25, 0.3) is 0 Å². The Labute approximate surface area is 300 Å². The van der Waals surface area contributed by atoms with Crippen LogP contribution in [0.15, 0.2) is 182 Å². The molecule has 0 aliphatic carbocycles. The summed E-state index contributed by atoms with van der Waals surface area (Å²) < 4.78 is 0. The predicted molar refractivity (Wildman–Crippen MR) is 215 cm³/mol. The number of fused-ring (bicyclic) bond motifs is 5. The van der Waals surface area contributed by atoms with E-state index in [1.165, 1.54) is 26.9 Å². The number of nitrogens with zero attached hydrogens (tertiary/aromatic N) is 4. The molecule has 0 spiro atoms. The zero-order valence-electron chi connectivity index (χ0n) is 28.1. The molecule has 4 heteroatoms. The summed E-state index contributed by atoms with van der Waals surface area (Å²) in [5.74, 6) is 0.668. The highest BCUT2D eigenvalue weighted by atomic mass is 14.9. The minimum absolute atomic E-state index is 0.668. The Morgan fingerprint density at radius 3 is 1.38 bits per heavy atom. The average molecular weight is 663 g/mol. The van der Waals surface area contributed by atoms with Crippen molar-refractivity contribution in [1.29, 1.82) is 0 Å². The molecular formula is C48H30N4. The molecule has 0 aliphatic heterocycles. The summed E-state index contributed by atoms with van der Waals surface area (Å²) in [6.45, 7) is 0. The number of aromatic nitrogens is 4. The normalized spacial score (nSPS) is 11.5. The molecule has 0 aliphatic rings. The van der Waals surface area contributed by atoms with Crippen LogP contribution in [0.1, 0.15) is 0 Å². The molecule has 7 aromatic carbocycles. The molecule has 3 aromatic heterocycles. The summed E-state index contributed by atoms with van der Waals surface area (Å²) in [6, 6.07) is 59.4. The minimum Gasteiger partial charge on any atom is -0.256 e. The molecule has 0 unspecified atom stereocenters. The van der Waals surface area contributed by atoms with Crippen molar-refractivity contribution in [3.63, 3.8) is 0 Å². The van der Waals surface area contributed by atoms with E-state index >= 15 is 0 Å².